The topological polar surface area (TPSA) is 88.0 Å². The van der Waals surface area contributed by atoms with Gasteiger partial charge in [0.1, 0.15) is 5.82 Å². The van der Waals surface area contributed by atoms with Crippen LogP contribution in [0.4, 0.5) is 5.82 Å². The van der Waals surface area contributed by atoms with Crippen molar-refractivity contribution in [1.29, 1.82) is 0 Å². The summed E-state index contributed by atoms with van der Waals surface area (Å²) in [7, 11) is 0. The smallest absolute Gasteiger partial charge is 0.222 e. The third kappa shape index (κ3) is 3.86. The van der Waals surface area contributed by atoms with E-state index in [2.05, 4.69) is 20.3 Å². The van der Waals surface area contributed by atoms with Gasteiger partial charge in [-0.15, -0.1) is 0 Å². The van der Waals surface area contributed by atoms with Gasteiger partial charge >= 0.3 is 0 Å². The number of aromatic nitrogens is 3. The molecule has 0 fully saturated rings. The van der Waals surface area contributed by atoms with Gasteiger partial charge in [0.2, 0.25) is 5.91 Å². The van der Waals surface area contributed by atoms with Gasteiger partial charge in [0.15, 0.2) is 0 Å². The number of anilines is 1. The molecule has 0 bridgehead atoms. The molecule has 0 aliphatic heterocycles. The van der Waals surface area contributed by atoms with Gasteiger partial charge in [-0.2, -0.15) is 0 Å². The number of aliphatic hydroxyl groups is 1. The minimum atomic E-state index is -1.68. The molecule has 134 valence electrons. The fraction of sp³-hybridized carbons (Fsp3) is 0.300. The molecule has 0 saturated carbocycles. The van der Waals surface area contributed by atoms with Gasteiger partial charge < -0.3 is 10.4 Å². The van der Waals surface area contributed by atoms with Gasteiger partial charge in [0, 0.05) is 41.9 Å². The number of hydrogen-bond acceptors (Lipinski definition) is 5. The lowest BCUT2D eigenvalue weighted by Crippen LogP contribution is -2.07. The molecule has 0 aliphatic rings. The van der Waals surface area contributed by atoms with Crippen molar-refractivity contribution in [1.82, 2.24) is 15.0 Å². The molecule has 3 rings (SSSR count). The number of fused-ring (bicyclic) bond motifs is 1. The van der Waals surface area contributed by atoms with Crippen molar-refractivity contribution in [3.05, 3.63) is 48.0 Å². The predicted octanol–water partition coefficient (Wildman–Crippen LogP) is 3.79. The summed E-state index contributed by atoms with van der Waals surface area (Å²) in [6.07, 6.45) is 4.40. The summed E-state index contributed by atoms with van der Waals surface area (Å²) in [6.45, 7) is 5.27. The molecule has 6 nitrogen and oxygen atoms in total. The second-order valence-corrected chi connectivity index (χ2v) is 6.25. The highest BCUT2D eigenvalue weighted by atomic mass is 16.3. The first kappa shape index (κ1) is 16.6. The highest BCUT2D eigenvalue weighted by molar-refractivity contribution is 5.92. The molecule has 3 aromatic heterocycles. The Kier molecular flexibility index (Phi) is 4.84. The maximum Gasteiger partial charge on any atom is 0.222 e. The van der Waals surface area contributed by atoms with Crippen LogP contribution >= 0.6 is 0 Å². The summed E-state index contributed by atoms with van der Waals surface area (Å²) in [6, 6.07) is 5.41. The Morgan fingerprint density at radius 3 is 2.62 bits per heavy atom. The summed E-state index contributed by atoms with van der Waals surface area (Å²) in [5.74, 6) is 0.308. The molecule has 0 unspecified atom stereocenters. The number of nitrogens with one attached hydrogen (secondary N) is 1. The fourth-order valence-corrected chi connectivity index (χ4v) is 2.78. The molecule has 1 atom stereocenters. The molecule has 0 aliphatic carbocycles. The second kappa shape index (κ2) is 7.58. The largest absolute Gasteiger partial charge is 0.387 e. The highest BCUT2D eigenvalue weighted by Crippen LogP contribution is 2.27. The van der Waals surface area contributed by atoms with Crippen molar-refractivity contribution in [3.8, 4) is 11.3 Å². The van der Waals surface area contributed by atoms with E-state index in [9.17, 15) is 9.90 Å². The van der Waals surface area contributed by atoms with Crippen LogP contribution in [0.15, 0.2) is 36.8 Å². The molecule has 26 heavy (non-hydrogen) atoms. The minimum Gasteiger partial charge on any atom is -0.387 e. The van der Waals surface area contributed by atoms with Crippen LogP contribution in [-0.2, 0) is 4.79 Å². The van der Waals surface area contributed by atoms with E-state index in [1.54, 1.807) is 30.7 Å². The van der Waals surface area contributed by atoms with Gasteiger partial charge in [-0.25, -0.2) is 4.98 Å². The Morgan fingerprint density at radius 1 is 1.19 bits per heavy atom. The zero-order chi connectivity index (χ0) is 19.6. The predicted molar refractivity (Wildman–Crippen MR) is 102 cm³/mol. The number of carbonyl (C=O) groups is 1. The third-order valence-electron chi connectivity index (χ3n) is 4.08. The Balaban J connectivity index is 1.96. The number of nitrogens with zero attached hydrogens (tertiary/aromatic N) is 3. The quantitative estimate of drug-likeness (QED) is 0.730. The Labute approximate surface area is 153 Å². The number of pyridine rings is 3. The molecule has 6 heteroatoms. The van der Waals surface area contributed by atoms with E-state index in [1.165, 1.54) is 6.92 Å². The van der Waals surface area contributed by atoms with Gasteiger partial charge in [-0.05, 0) is 37.1 Å². The number of hydrogen-bond donors (Lipinski definition) is 2. The van der Waals surface area contributed by atoms with Crippen molar-refractivity contribution < 1.29 is 11.3 Å². The number of amides is 1. The van der Waals surface area contributed by atoms with Crippen molar-refractivity contribution in [2.45, 2.75) is 39.7 Å². The molecular weight excluding hydrogens is 328 g/mol. The van der Waals surface area contributed by atoms with Crippen LogP contribution in [0.1, 0.15) is 45.4 Å². The van der Waals surface area contributed by atoms with Gasteiger partial charge in [0.05, 0.1) is 18.8 Å². The van der Waals surface area contributed by atoms with E-state index >= 15 is 0 Å². The monoisotopic (exact) mass is 351 g/mol. The number of aryl methyl sites for hydroxylation is 1. The summed E-state index contributed by atoms with van der Waals surface area (Å²) < 4.78 is 8.05. The van der Waals surface area contributed by atoms with Crippen LogP contribution < -0.4 is 5.32 Å². The maximum atomic E-state index is 11.2. The normalized spacial score (nSPS) is 13.9. The first-order valence-corrected chi connectivity index (χ1v) is 8.53. The van der Waals surface area contributed by atoms with Crippen molar-refractivity contribution in [2.75, 3.05) is 5.32 Å². The van der Waals surface area contributed by atoms with Crippen LogP contribution in [0, 0.1) is 6.92 Å². The van der Waals surface area contributed by atoms with Crippen LogP contribution in [0.5, 0.6) is 0 Å². The molecule has 3 heterocycles. The van der Waals surface area contributed by atoms with E-state index < -0.39 is 6.08 Å². The average Bonchev–Trinajstić information content (AvgIpc) is 2.60. The van der Waals surface area contributed by atoms with Crippen LogP contribution in [0.25, 0.3) is 22.0 Å². The summed E-state index contributed by atoms with van der Waals surface area (Å²) >= 11 is 0. The SMILES string of the molecule is [2H][C@@](O)(CCC)c1cc(C)c(-c2cc3cnc(NC(C)=O)cc3cn2)cn1. The molecule has 0 spiro atoms. The van der Waals surface area contributed by atoms with Gasteiger partial charge in [-0.1, -0.05) is 13.3 Å². The molecule has 0 saturated heterocycles. The number of rotatable bonds is 5. The molecular formula is C20H22N4O2. The first-order chi connectivity index (χ1) is 12.8. The van der Waals surface area contributed by atoms with Crippen LogP contribution in [0.2, 0.25) is 0 Å². The lowest BCUT2D eigenvalue weighted by Gasteiger charge is -2.12. The highest BCUT2D eigenvalue weighted by Gasteiger charge is 2.12. The lowest BCUT2D eigenvalue weighted by atomic mass is 10.0. The van der Waals surface area contributed by atoms with Gasteiger partial charge in [0.25, 0.3) is 0 Å². The van der Waals surface area contributed by atoms with Crippen molar-refractivity contribution in [2.24, 2.45) is 0 Å². The number of carbonyl (C=O) groups excluding carboxylic acids is 1. The van der Waals surface area contributed by atoms with Gasteiger partial charge in [-0.3, -0.25) is 14.8 Å². The first-order valence-electron chi connectivity index (χ1n) is 9.03. The van der Waals surface area contributed by atoms with E-state index in [4.69, 9.17) is 1.37 Å². The van der Waals surface area contributed by atoms with Crippen LogP contribution in [0.3, 0.4) is 0 Å². The molecule has 2 N–H and O–H groups in total. The summed E-state index contributed by atoms with van der Waals surface area (Å²) in [5, 5.41) is 14.7. The van der Waals surface area contributed by atoms with Crippen LogP contribution in [-0.4, -0.2) is 26.0 Å². The van der Waals surface area contributed by atoms with Crippen molar-refractivity contribution >= 4 is 22.5 Å². The van der Waals surface area contributed by atoms with Crippen molar-refractivity contribution in [3.63, 3.8) is 0 Å². The van der Waals surface area contributed by atoms with E-state index in [-0.39, 0.29) is 5.91 Å². The summed E-state index contributed by atoms with van der Waals surface area (Å²) in [4.78, 5) is 24.2. The third-order valence-corrected chi connectivity index (χ3v) is 4.08. The average molecular weight is 351 g/mol. The van der Waals surface area contributed by atoms with E-state index in [0.717, 1.165) is 27.6 Å². The molecule has 3 aromatic rings. The zero-order valence-corrected chi connectivity index (χ0v) is 15.1. The summed E-state index contributed by atoms with van der Waals surface area (Å²) in [5.41, 5.74) is 2.79. The minimum absolute atomic E-state index is 0.175. The Morgan fingerprint density at radius 2 is 1.92 bits per heavy atom. The molecule has 0 aromatic carbocycles. The Hall–Kier alpha value is -2.86. The maximum absolute atomic E-state index is 11.2. The zero-order valence-electron chi connectivity index (χ0n) is 16.1. The molecule has 1 amide bonds. The van der Waals surface area contributed by atoms with E-state index in [1.807, 2.05) is 19.9 Å². The Bertz CT molecular complexity index is 1000. The lowest BCUT2D eigenvalue weighted by molar-refractivity contribution is -0.114. The second-order valence-electron chi connectivity index (χ2n) is 6.25. The standard InChI is InChI=1S/C20H22N4O2/c1-4-5-19(26)18-6-12(2)16(11-22-18)17-7-14-10-23-20(24-13(3)25)8-15(14)9-21-17/h6-11,19,26H,4-5H2,1-3H3,(H,23,24,25)/t19-/m1/s1/i19D. The molecule has 0 radical (unpaired) electrons. The van der Waals surface area contributed by atoms with E-state index in [0.29, 0.717) is 24.4 Å². The fourth-order valence-electron chi connectivity index (χ4n) is 2.78.